The third-order valence-corrected chi connectivity index (χ3v) is 5.02. The summed E-state index contributed by atoms with van der Waals surface area (Å²) in [5.41, 5.74) is 9.03. The van der Waals surface area contributed by atoms with Gasteiger partial charge in [-0.1, -0.05) is 17.7 Å². The van der Waals surface area contributed by atoms with E-state index in [0.717, 1.165) is 18.4 Å². The quantitative estimate of drug-likeness (QED) is 0.647. The molecule has 1 amide bonds. The molecule has 0 atom stereocenters. The van der Waals surface area contributed by atoms with E-state index in [4.69, 9.17) is 17.3 Å². The van der Waals surface area contributed by atoms with Crippen LogP contribution in [-0.2, 0) is 0 Å². The third kappa shape index (κ3) is 3.51. The van der Waals surface area contributed by atoms with Gasteiger partial charge in [0.25, 0.3) is 5.91 Å². The van der Waals surface area contributed by atoms with Crippen LogP contribution in [0.4, 0.5) is 5.82 Å². The Balaban J connectivity index is 1.67. The smallest absolute Gasteiger partial charge is 0.251 e. The molecule has 0 unspecified atom stereocenters. The van der Waals surface area contributed by atoms with E-state index in [2.05, 4.69) is 10.3 Å². The van der Waals surface area contributed by atoms with Crippen molar-refractivity contribution in [3.63, 3.8) is 0 Å². The summed E-state index contributed by atoms with van der Waals surface area (Å²) in [6.45, 7) is 1.91. The third-order valence-electron chi connectivity index (χ3n) is 4.77. The van der Waals surface area contributed by atoms with E-state index in [-0.39, 0.29) is 29.2 Å². The highest BCUT2D eigenvalue weighted by molar-refractivity contribution is 6.30. The minimum atomic E-state index is -0.284. The molecule has 1 heterocycles. The number of halogens is 1. The first-order chi connectivity index (χ1) is 13.4. The molecule has 0 radical (unpaired) electrons. The first-order valence-electron chi connectivity index (χ1n) is 8.99. The number of hydrogen-bond acceptors (Lipinski definition) is 4. The Morgan fingerprint density at radius 2 is 1.82 bits per heavy atom. The van der Waals surface area contributed by atoms with Gasteiger partial charge in [0.15, 0.2) is 5.69 Å². The highest BCUT2D eigenvalue weighted by Gasteiger charge is 2.24. The van der Waals surface area contributed by atoms with Gasteiger partial charge in [0.2, 0.25) is 5.78 Å². The van der Waals surface area contributed by atoms with Crippen molar-refractivity contribution in [1.29, 1.82) is 0 Å². The van der Waals surface area contributed by atoms with Crippen LogP contribution in [-0.4, -0.2) is 27.3 Å². The van der Waals surface area contributed by atoms with Gasteiger partial charge in [0, 0.05) is 22.2 Å². The Labute approximate surface area is 167 Å². The van der Waals surface area contributed by atoms with Crippen LogP contribution in [0.2, 0.25) is 5.02 Å². The van der Waals surface area contributed by atoms with Gasteiger partial charge in [-0.2, -0.15) is 0 Å². The number of nitrogens with two attached hydrogens (primary N) is 1. The molecule has 2 aromatic carbocycles. The molecular formula is C21H19ClN4O2. The molecule has 1 aliphatic rings. The number of nitrogens with zero attached hydrogens (tertiary/aromatic N) is 2. The molecule has 3 N–H and O–H groups in total. The number of carbonyl (C=O) groups excluding carboxylic acids is 2. The molecule has 0 spiro atoms. The van der Waals surface area contributed by atoms with Gasteiger partial charge >= 0.3 is 0 Å². The van der Waals surface area contributed by atoms with Gasteiger partial charge in [0.1, 0.15) is 12.1 Å². The van der Waals surface area contributed by atoms with Crippen LogP contribution < -0.4 is 11.1 Å². The first kappa shape index (κ1) is 18.3. The maximum Gasteiger partial charge on any atom is 0.251 e. The molecule has 28 heavy (non-hydrogen) atoms. The maximum absolute atomic E-state index is 12.7. The molecule has 1 aliphatic carbocycles. The zero-order valence-corrected chi connectivity index (χ0v) is 16.0. The van der Waals surface area contributed by atoms with Crippen LogP contribution in [0.5, 0.6) is 0 Å². The second-order valence-electron chi connectivity index (χ2n) is 6.93. The second kappa shape index (κ2) is 7.13. The van der Waals surface area contributed by atoms with Crippen molar-refractivity contribution in [3.8, 4) is 5.69 Å². The van der Waals surface area contributed by atoms with Crippen molar-refractivity contribution in [2.24, 2.45) is 0 Å². The molecular weight excluding hydrogens is 376 g/mol. The lowest BCUT2D eigenvalue weighted by atomic mass is 10.1. The Kier molecular flexibility index (Phi) is 4.65. The number of amides is 1. The summed E-state index contributed by atoms with van der Waals surface area (Å²) in [7, 11) is 0. The lowest BCUT2D eigenvalue weighted by Gasteiger charge is -2.12. The highest BCUT2D eigenvalue weighted by Crippen LogP contribution is 2.25. The van der Waals surface area contributed by atoms with Gasteiger partial charge < -0.3 is 11.1 Å². The van der Waals surface area contributed by atoms with Crippen molar-refractivity contribution >= 4 is 29.1 Å². The lowest BCUT2D eigenvalue weighted by molar-refractivity contribution is 0.0950. The summed E-state index contributed by atoms with van der Waals surface area (Å²) in [6, 6.07) is 12.2. The standard InChI is InChI=1S/C21H19ClN4O2/c1-12-2-3-14(21(28)25-16-8-9-16)10-17(12)26-11-24-18(20(26)23)19(27)13-4-6-15(22)7-5-13/h2-7,10-11,16H,8-9,23H2,1H3,(H,25,28). The van der Waals surface area contributed by atoms with Gasteiger partial charge in [0.05, 0.1) is 5.69 Å². The zero-order chi connectivity index (χ0) is 19.8. The van der Waals surface area contributed by atoms with E-state index < -0.39 is 0 Å². The molecule has 0 aliphatic heterocycles. The highest BCUT2D eigenvalue weighted by atomic mass is 35.5. The van der Waals surface area contributed by atoms with Crippen molar-refractivity contribution in [2.75, 3.05) is 5.73 Å². The minimum absolute atomic E-state index is 0.111. The molecule has 0 saturated heterocycles. The topological polar surface area (TPSA) is 90.0 Å². The van der Waals surface area contributed by atoms with Crippen LogP contribution in [0.1, 0.15) is 44.8 Å². The number of carbonyl (C=O) groups is 2. The summed E-state index contributed by atoms with van der Waals surface area (Å²) in [5, 5.41) is 3.52. The second-order valence-corrected chi connectivity index (χ2v) is 7.37. The zero-order valence-electron chi connectivity index (χ0n) is 15.3. The number of imidazole rings is 1. The van der Waals surface area contributed by atoms with Crippen molar-refractivity contribution in [3.05, 3.63) is 76.2 Å². The number of anilines is 1. The van der Waals surface area contributed by atoms with Crippen molar-refractivity contribution < 1.29 is 9.59 Å². The van der Waals surface area contributed by atoms with E-state index in [1.165, 1.54) is 6.33 Å². The molecule has 3 aromatic rings. The van der Waals surface area contributed by atoms with Gasteiger partial charge in [-0.3, -0.25) is 14.2 Å². The van der Waals surface area contributed by atoms with Gasteiger partial charge in [-0.05, 0) is 61.7 Å². The van der Waals surface area contributed by atoms with Gasteiger partial charge in [-0.15, -0.1) is 0 Å². The normalized spacial score (nSPS) is 13.4. The van der Waals surface area contributed by atoms with Crippen molar-refractivity contribution in [2.45, 2.75) is 25.8 Å². The number of benzene rings is 2. The fraction of sp³-hybridized carbons (Fsp3) is 0.190. The van der Waals surface area contributed by atoms with Crippen LogP contribution in [0.25, 0.3) is 5.69 Å². The molecule has 6 nitrogen and oxygen atoms in total. The fourth-order valence-electron chi connectivity index (χ4n) is 2.97. The number of aromatic nitrogens is 2. The molecule has 1 fully saturated rings. The Morgan fingerprint density at radius 1 is 1.14 bits per heavy atom. The molecule has 1 saturated carbocycles. The van der Waals surface area contributed by atoms with E-state index in [9.17, 15) is 9.59 Å². The Morgan fingerprint density at radius 3 is 2.50 bits per heavy atom. The number of ketones is 1. The predicted molar refractivity (Wildman–Crippen MR) is 108 cm³/mol. The number of aryl methyl sites for hydroxylation is 1. The predicted octanol–water partition coefficient (Wildman–Crippen LogP) is 3.54. The van der Waals surface area contributed by atoms with Crippen LogP contribution >= 0.6 is 11.6 Å². The summed E-state index contributed by atoms with van der Waals surface area (Å²) in [6.07, 6.45) is 3.55. The summed E-state index contributed by atoms with van der Waals surface area (Å²) < 4.78 is 1.63. The van der Waals surface area contributed by atoms with Crippen LogP contribution in [0.3, 0.4) is 0 Å². The summed E-state index contributed by atoms with van der Waals surface area (Å²) >= 11 is 5.88. The lowest BCUT2D eigenvalue weighted by Crippen LogP contribution is -2.25. The monoisotopic (exact) mass is 394 g/mol. The number of nitrogens with one attached hydrogen (secondary N) is 1. The summed E-state index contributed by atoms with van der Waals surface area (Å²) in [5.74, 6) is -0.170. The molecule has 142 valence electrons. The maximum atomic E-state index is 12.7. The fourth-order valence-corrected chi connectivity index (χ4v) is 3.10. The minimum Gasteiger partial charge on any atom is -0.383 e. The largest absolute Gasteiger partial charge is 0.383 e. The molecule has 7 heteroatoms. The number of rotatable bonds is 5. The average molecular weight is 395 g/mol. The average Bonchev–Trinajstić information content (AvgIpc) is 3.42. The van der Waals surface area contributed by atoms with Crippen LogP contribution in [0.15, 0.2) is 48.8 Å². The molecule has 0 bridgehead atoms. The molecule has 1 aromatic heterocycles. The Hall–Kier alpha value is -3.12. The number of hydrogen-bond donors (Lipinski definition) is 2. The van der Waals surface area contributed by atoms with E-state index >= 15 is 0 Å². The van der Waals surface area contributed by atoms with E-state index in [0.29, 0.717) is 21.8 Å². The van der Waals surface area contributed by atoms with E-state index in [1.807, 2.05) is 13.0 Å². The van der Waals surface area contributed by atoms with Crippen LogP contribution in [0, 0.1) is 6.92 Å². The van der Waals surface area contributed by atoms with E-state index in [1.54, 1.807) is 41.0 Å². The molecule has 4 rings (SSSR count). The summed E-state index contributed by atoms with van der Waals surface area (Å²) in [4.78, 5) is 29.3. The van der Waals surface area contributed by atoms with Gasteiger partial charge in [-0.25, -0.2) is 4.98 Å². The first-order valence-corrected chi connectivity index (χ1v) is 9.37. The number of nitrogen functional groups attached to an aromatic ring is 1. The SMILES string of the molecule is Cc1ccc(C(=O)NC2CC2)cc1-n1cnc(C(=O)c2ccc(Cl)cc2)c1N. The van der Waals surface area contributed by atoms with Crippen molar-refractivity contribution in [1.82, 2.24) is 14.9 Å². The Bertz CT molecular complexity index is 1070.